The van der Waals surface area contributed by atoms with E-state index < -0.39 is 11.9 Å². The van der Waals surface area contributed by atoms with E-state index in [1.807, 2.05) is 24.3 Å². The van der Waals surface area contributed by atoms with Gasteiger partial charge in [-0.2, -0.15) is 0 Å². The average molecular weight is 322 g/mol. The van der Waals surface area contributed by atoms with Gasteiger partial charge in [-0.15, -0.1) is 0 Å². The molecule has 2 fully saturated rings. The quantitative estimate of drug-likeness (QED) is 0.876. The minimum Gasteiger partial charge on any atom is -0.481 e. The SMILES string of the molecule is O=C(O)[C@@H]1[C@@H]2CC[C@@H](C2)[C@@H]1C(=O)NCCc1cccc(Cl)c1. The van der Waals surface area contributed by atoms with Crippen molar-refractivity contribution in [3.8, 4) is 0 Å². The molecule has 0 unspecified atom stereocenters. The molecule has 1 aromatic carbocycles. The molecule has 0 aliphatic heterocycles. The Hall–Kier alpha value is -1.55. The summed E-state index contributed by atoms with van der Waals surface area (Å²) in [6, 6.07) is 7.55. The van der Waals surface area contributed by atoms with Gasteiger partial charge in [-0.3, -0.25) is 9.59 Å². The number of carboxylic acid groups (broad SMARTS) is 1. The lowest BCUT2D eigenvalue weighted by Gasteiger charge is -2.27. The lowest BCUT2D eigenvalue weighted by atomic mass is 9.78. The summed E-state index contributed by atoms with van der Waals surface area (Å²) in [6.07, 6.45) is 3.53. The predicted octanol–water partition coefficient (Wildman–Crippen LogP) is 2.75. The molecule has 2 aliphatic carbocycles. The fraction of sp³-hybridized carbons (Fsp3) is 0.529. The molecular formula is C17H20ClNO3. The number of nitrogens with one attached hydrogen (secondary N) is 1. The van der Waals surface area contributed by atoms with E-state index in [9.17, 15) is 14.7 Å². The topological polar surface area (TPSA) is 66.4 Å². The molecule has 3 rings (SSSR count). The zero-order valence-corrected chi connectivity index (χ0v) is 13.1. The monoisotopic (exact) mass is 321 g/mol. The van der Waals surface area contributed by atoms with Gasteiger partial charge in [0, 0.05) is 11.6 Å². The van der Waals surface area contributed by atoms with Gasteiger partial charge in [0.15, 0.2) is 0 Å². The Morgan fingerprint density at radius 2 is 1.95 bits per heavy atom. The molecule has 0 radical (unpaired) electrons. The third kappa shape index (κ3) is 2.98. The molecule has 2 N–H and O–H groups in total. The van der Waals surface area contributed by atoms with Crippen LogP contribution < -0.4 is 5.32 Å². The summed E-state index contributed by atoms with van der Waals surface area (Å²) in [4.78, 5) is 23.9. The van der Waals surface area contributed by atoms with Crippen LogP contribution in [0.5, 0.6) is 0 Å². The number of hydrogen-bond donors (Lipinski definition) is 2. The van der Waals surface area contributed by atoms with Crippen molar-refractivity contribution in [2.24, 2.45) is 23.7 Å². The van der Waals surface area contributed by atoms with Gasteiger partial charge < -0.3 is 10.4 Å². The lowest BCUT2D eigenvalue weighted by molar-refractivity contribution is -0.149. The maximum Gasteiger partial charge on any atom is 0.307 e. The van der Waals surface area contributed by atoms with E-state index in [0.29, 0.717) is 18.0 Å². The first-order valence-corrected chi connectivity index (χ1v) is 8.19. The smallest absolute Gasteiger partial charge is 0.307 e. The highest BCUT2D eigenvalue weighted by molar-refractivity contribution is 6.30. The van der Waals surface area contributed by atoms with Crippen LogP contribution in [0.3, 0.4) is 0 Å². The molecule has 0 spiro atoms. The fourth-order valence-electron chi connectivity index (χ4n) is 4.16. The van der Waals surface area contributed by atoms with Crippen molar-refractivity contribution in [3.63, 3.8) is 0 Å². The van der Waals surface area contributed by atoms with Gasteiger partial charge in [0.05, 0.1) is 11.8 Å². The first kappa shape index (κ1) is 15.3. The second-order valence-electron chi connectivity index (χ2n) is 6.39. The number of aliphatic carboxylic acids is 1. The molecule has 0 aromatic heterocycles. The standard InChI is InChI=1S/C17H20ClNO3/c18-13-3-1-2-10(8-13)6-7-19-16(20)14-11-4-5-12(9-11)15(14)17(21)22/h1-3,8,11-12,14-15H,4-7,9H2,(H,19,20)(H,21,22)/t11-,12+,14-,15+/m0/s1. The van der Waals surface area contributed by atoms with E-state index in [-0.39, 0.29) is 23.7 Å². The van der Waals surface area contributed by atoms with Crippen LogP contribution in [0.25, 0.3) is 0 Å². The Labute approximate surface area is 134 Å². The highest BCUT2D eigenvalue weighted by Crippen LogP contribution is 2.52. The summed E-state index contributed by atoms with van der Waals surface area (Å²) in [7, 11) is 0. The molecule has 2 saturated carbocycles. The number of hydrogen-bond acceptors (Lipinski definition) is 2. The van der Waals surface area contributed by atoms with Crippen molar-refractivity contribution in [3.05, 3.63) is 34.9 Å². The molecular weight excluding hydrogens is 302 g/mol. The maximum absolute atomic E-state index is 12.4. The van der Waals surface area contributed by atoms with Crippen LogP contribution in [-0.4, -0.2) is 23.5 Å². The fourth-order valence-corrected chi connectivity index (χ4v) is 4.38. The van der Waals surface area contributed by atoms with Crippen LogP contribution in [-0.2, 0) is 16.0 Å². The molecule has 22 heavy (non-hydrogen) atoms. The van der Waals surface area contributed by atoms with Gasteiger partial charge in [-0.05, 0) is 55.2 Å². The molecule has 1 amide bonds. The van der Waals surface area contributed by atoms with E-state index in [4.69, 9.17) is 11.6 Å². The number of rotatable bonds is 5. The van der Waals surface area contributed by atoms with Crippen LogP contribution in [0.2, 0.25) is 5.02 Å². The largest absolute Gasteiger partial charge is 0.481 e. The van der Waals surface area contributed by atoms with Gasteiger partial charge in [0.25, 0.3) is 0 Å². The molecule has 0 saturated heterocycles. The van der Waals surface area contributed by atoms with Crippen molar-refractivity contribution < 1.29 is 14.7 Å². The number of carboxylic acids is 1. The molecule has 0 heterocycles. The Morgan fingerprint density at radius 1 is 1.23 bits per heavy atom. The Kier molecular flexibility index (Phi) is 4.39. The van der Waals surface area contributed by atoms with Crippen LogP contribution in [0.4, 0.5) is 0 Å². The van der Waals surface area contributed by atoms with Gasteiger partial charge in [0.2, 0.25) is 5.91 Å². The van der Waals surface area contributed by atoms with Gasteiger partial charge >= 0.3 is 5.97 Å². The Bertz CT molecular complexity index is 589. The Balaban J connectivity index is 1.56. The summed E-state index contributed by atoms with van der Waals surface area (Å²) in [5.74, 6) is -1.33. The number of benzene rings is 1. The molecule has 4 nitrogen and oxygen atoms in total. The van der Waals surface area contributed by atoms with Crippen molar-refractivity contribution in [1.82, 2.24) is 5.32 Å². The van der Waals surface area contributed by atoms with Crippen LogP contribution in [0, 0.1) is 23.7 Å². The van der Waals surface area contributed by atoms with Gasteiger partial charge in [-0.1, -0.05) is 23.7 Å². The first-order valence-electron chi connectivity index (χ1n) is 7.81. The van der Waals surface area contributed by atoms with Crippen LogP contribution in [0.1, 0.15) is 24.8 Å². The van der Waals surface area contributed by atoms with Crippen molar-refractivity contribution in [2.45, 2.75) is 25.7 Å². The normalized spacial score (nSPS) is 29.5. The minimum atomic E-state index is -0.817. The highest BCUT2D eigenvalue weighted by Gasteiger charge is 2.53. The van der Waals surface area contributed by atoms with Crippen molar-refractivity contribution >= 4 is 23.5 Å². The van der Waals surface area contributed by atoms with E-state index in [1.165, 1.54) is 0 Å². The molecule has 5 heteroatoms. The third-order valence-corrected chi connectivity index (χ3v) is 5.34. The van der Waals surface area contributed by atoms with E-state index >= 15 is 0 Å². The summed E-state index contributed by atoms with van der Waals surface area (Å²) >= 11 is 5.93. The molecule has 1 aromatic rings. The van der Waals surface area contributed by atoms with Gasteiger partial charge in [0.1, 0.15) is 0 Å². The first-order chi connectivity index (χ1) is 10.6. The van der Waals surface area contributed by atoms with Crippen molar-refractivity contribution in [2.75, 3.05) is 6.54 Å². The number of halogens is 1. The zero-order valence-electron chi connectivity index (χ0n) is 12.3. The third-order valence-electron chi connectivity index (χ3n) is 5.11. The molecule has 2 bridgehead atoms. The van der Waals surface area contributed by atoms with Crippen LogP contribution in [0.15, 0.2) is 24.3 Å². The van der Waals surface area contributed by atoms with E-state index in [1.54, 1.807) is 0 Å². The number of carbonyl (C=O) groups excluding carboxylic acids is 1. The number of carbonyl (C=O) groups is 2. The minimum absolute atomic E-state index is 0.0957. The Morgan fingerprint density at radius 3 is 2.64 bits per heavy atom. The second-order valence-corrected chi connectivity index (χ2v) is 6.83. The zero-order chi connectivity index (χ0) is 15.7. The summed E-state index contributed by atoms with van der Waals surface area (Å²) in [5, 5.41) is 13.0. The molecule has 118 valence electrons. The summed E-state index contributed by atoms with van der Waals surface area (Å²) in [6.45, 7) is 0.513. The second kappa shape index (κ2) is 6.29. The maximum atomic E-state index is 12.4. The number of amides is 1. The van der Waals surface area contributed by atoms with E-state index in [2.05, 4.69) is 5.32 Å². The summed E-state index contributed by atoms with van der Waals surface area (Å²) in [5.41, 5.74) is 1.07. The van der Waals surface area contributed by atoms with E-state index in [0.717, 1.165) is 24.8 Å². The van der Waals surface area contributed by atoms with Gasteiger partial charge in [-0.25, -0.2) is 0 Å². The number of fused-ring (bicyclic) bond motifs is 2. The summed E-state index contributed by atoms with van der Waals surface area (Å²) < 4.78 is 0. The van der Waals surface area contributed by atoms with Crippen molar-refractivity contribution in [1.29, 1.82) is 0 Å². The predicted molar refractivity (Wildman–Crippen MR) is 83.6 cm³/mol. The van der Waals surface area contributed by atoms with Crippen LogP contribution >= 0.6 is 11.6 Å². The molecule has 4 atom stereocenters. The lowest BCUT2D eigenvalue weighted by Crippen LogP contribution is -2.41. The molecule has 2 aliphatic rings. The average Bonchev–Trinajstić information content (AvgIpc) is 3.07. The highest BCUT2D eigenvalue weighted by atomic mass is 35.5.